The van der Waals surface area contributed by atoms with E-state index in [0.717, 1.165) is 11.1 Å². The fraction of sp³-hybridized carbons (Fsp3) is 0.227. The van der Waals surface area contributed by atoms with Crippen LogP contribution in [-0.4, -0.2) is 24.6 Å². The molecule has 2 aromatic rings. The maximum absolute atomic E-state index is 12.4. The van der Waals surface area contributed by atoms with Gasteiger partial charge in [-0.2, -0.15) is 0 Å². The van der Waals surface area contributed by atoms with Gasteiger partial charge in [-0.25, -0.2) is 4.79 Å². The highest BCUT2D eigenvalue weighted by molar-refractivity contribution is 6.04. The molecule has 0 aromatic heterocycles. The van der Waals surface area contributed by atoms with Gasteiger partial charge in [0.25, 0.3) is 5.91 Å². The third-order valence-corrected chi connectivity index (χ3v) is 3.65. The minimum Gasteiger partial charge on any atom is -0.434 e. The van der Waals surface area contributed by atoms with Crippen molar-refractivity contribution in [2.24, 2.45) is 0 Å². The molecule has 0 saturated carbocycles. The van der Waals surface area contributed by atoms with Gasteiger partial charge in [0, 0.05) is 23.9 Å². The number of ether oxygens (including phenoxy) is 2. The molecule has 2 aromatic carbocycles. The van der Waals surface area contributed by atoms with Gasteiger partial charge in [-0.3, -0.25) is 9.59 Å². The summed E-state index contributed by atoms with van der Waals surface area (Å²) in [6, 6.07) is 13.3. The van der Waals surface area contributed by atoms with E-state index in [1.807, 2.05) is 19.9 Å². The van der Waals surface area contributed by atoms with E-state index in [1.54, 1.807) is 37.3 Å². The van der Waals surface area contributed by atoms with Crippen LogP contribution in [0.2, 0.25) is 0 Å². The van der Waals surface area contributed by atoms with Crippen LogP contribution in [0.4, 0.5) is 10.5 Å². The molecule has 2 amide bonds. The molecule has 0 radical (unpaired) electrons. The van der Waals surface area contributed by atoms with Crippen LogP contribution in [-0.2, 0) is 16.1 Å². The molecule has 0 bridgehead atoms. The summed E-state index contributed by atoms with van der Waals surface area (Å²) in [5, 5.41) is 5.60. The number of carbonyl (C=O) groups excluding carboxylic acids is 3. The lowest BCUT2D eigenvalue weighted by Gasteiger charge is -2.09. The Morgan fingerprint density at radius 2 is 1.76 bits per heavy atom. The number of amides is 2. The zero-order valence-electron chi connectivity index (χ0n) is 16.7. The van der Waals surface area contributed by atoms with E-state index >= 15 is 0 Å². The van der Waals surface area contributed by atoms with E-state index < -0.39 is 6.16 Å². The van der Waals surface area contributed by atoms with Crippen molar-refractivity contribution in [3.63, 3.8) is 0 Å². The van der Waals surface area contributed by atoms with Crippen LogP contribution in [0.15, 0.2) is 60.2 Å². The van der Waals surface area contributed by atoms with Gasteiger partial charge in [0.15, 0.2) is 0 Å². The van der Waals surface area contributed by atoms with Crippen LogP contribution in [0.1, 0.15) is 36.7 Å². The van der Waals surface area contributed by atoms with E-state index in [0.29, 0.717) is 17.8 Å². The number of hydrogen-bond acceptors (Lipinski definition) is 5. The minimum absolute atomic E-state index is 0.162. The standard InChI is InChI=1S/C22H24N2O5/c1-4-28-22(27)29-19-10-8-17(9-11-19)21(26)24-18-7-5-6-16(13-18)14-23-20(25)12-15(2)3/h5-13H,4,14H2,1-3H3,(H,23,25)(H,24,26). The fourth-order valence-electron chi connectivity index (χ4n) is 2.38. The first-order valence-electron chi connectivity index (χ1n) is 9.15. The minimum atomic E-state index is -0.793. The van der Waals surface area contributed by atoms with E-state index in [-0.39, 0.29) is 24.2 Å². The molecular weight excluding hydrogens is 372 g/mol. The molecule has 152 valence electrons. The number of anilines is 1. The Hall–Kier alpha value is -3.61. The number of rotatable bonds is 7. The summed E-state index contributed by atoms with van der Waals surface area (Å²) in [7, 11) is 0. The van der Waals surface area contributed by atoms with E-state index in [1.165, 1.54) is 18.2 Å². The van der Waals surface area contributed by atoms with Crippen LogP contribution in [0.25, 0.3) is 0 Å². The second-order valence-corrected chi connectivity index (χ2v) is 6.40. The SMILES string of the molecule is CCOC(=O)Oc1ccc(C(=O)Nc2cccc(CNC(=O)C=C(C)C)c2)cc1. The second kappa shape index (κ2) is 10.7. The predicted molar refractivity (Wildman–Crippen MR) is 110 cm³/mol. The van der Waals surface area contributed by atoms with Gasteiger partial charge in [-0.05, 0) is 62.7 Å². The zero-order valence-corrected chi connectivity index (χ0v) is 16.7. The topological polar surface area (TPSA) is 93.7 Å². The quantitative estimate of drug-likeness (QED) is 0.418. The van der Waals surface area contributed by atoms with Crippen molar-refractivity contribution in [3.8, 4) is 5.75 Å². The molecule has 0 fully saturated rings. The van der Waals surface area contributed by atoms with Gasteiger partial charge in [0.2, 0.25) is 5.91 Å². The zero-order chi connectivity index (χ0) is 21.2. The number of carbonyl (C=O) groups is 3. The Balaban J connectivity index is 1.95. The molecule has 0 saturated heterocycles. The van der Waals surface area contributed by atoms with Gasteiger partial charge < -0.3 is 20.1 Å². The third-order valence-electron chi connectivity index (χ3n) is 3.65. The van der Waals surface area contributed by atoms with Gasteiger partial charge >= 0.3 is 6.16 Å². The van der Waals surface area contributed by atoms with Gasteiger partial charge in [-0.1, -0.05) is 17.7 Å². The lowest BCUT2D eigenvalue weighted by Crippen LogP contribution is -2.20. The average molecular weight is 396 g/mol. The third kappa shape index (κ3) is 7.50. The molecule has 7 nitrogen and oxygen atoms in total. The van der Waals surface area contributed by atoms with Crippen molar-refractivity contribution in [3.05, 3.63) is 71.3 Å². The molecule has 0 unspecified atom stereocenters. The van der Waals surface area contributed by atoms with Crippen LogP contribution in [0.3, 0.4) is 0 Å². The molecular formula is C22H24N2O5. The summed E-state index contributed by atoms with van der Waals surface area (Å²) < 4.78 is 9.66. The summed E-state index contributed by atoms with van der Waals surface area (Å²) >= 11 is 0. The Kier molecular flexibility index (Phi) is 7.97. The Morgan fingerprint density at radius 3 is 2.41 bits per heavy atom. The number of allylic oxidation sites excluding steroid dienone is 1. The van der Waals surface area contributed by atoms with Crippen molar-refractivity contribution in [2.45, 2.75) is 27.3 Å². The molecule has 0 spiro atoms. The van der Waals surface area contributed by atoms with Crippen LogP contribution >= 0.6 is 0 Å². The summed E-state index contributed by atoms with van der Waals surface area (Å²) in [5.41, 5.74) is 2.79. The van der Waals surface area contributed by atoms with Crippen LogP contribution in [0, 0.1) is 0 Å². The van der Waals surface area contributed by atoms with Crippen LogP contribution < -0.4 is 15.4 Å². The monoisotopic (exact) mass is 396 g/mol. The van der Waals surface area contributed by atoms with Crippen molar-refractivity contribution in [2.75, 3.05) is 11.9 Å². The van der Waals surface area contributed by atoms with Crippen LogP contribution in [0.5, 0.6) is 5.75 Å². The Morgan fingerprint density at radius 1 is 1.03 bits per heavy atom. The average Bonchev–Trinajstić information content (AvgIpc) is 2.67. The molecule has 0 aliphatic carbocycles. The number of hydrogen-bond donors (Lipinski definition) is 2. The van der Waals surface area contributed by atoms with Gasteiger partial charge in [-0.15, -0.1) is 0 Å². The highest BCUT2D eigenvalue weighted by Crippen LogP contribution is 2.16. The lowest BCUT2D eigenvalue weighted by atomic mass is 10.1. The normalized spacial score (nSPS) is 9.90. The fourth-order valence-corrected chi connectivity index (χ4v) is 2.38. The van der Waals surface area contributed by atoms with Crippen molar-refractivity contribution in [1.29, 1.82) is 0 Å². The smallest absolute Gasteiger partial charge is 0.434 e. The molecule has 0 heterocycles. The maximum atomic E-state index is 12.4. The van der Waals surface area contributed by atoms with Gasteiger partial charge in [0.1, 0.15) is 5.75 Å². The van der Waals surface area contributed by atoms with Crippen molar-refractivity contribution >= 4 is 23.7 Å². The van der Waals surface area contributed by atoms with Gasteiger partial charge in [0.05, 0.1) is 6.61 Å². The molecule has 0 aliphatic rings. The number of benzene rings is 2. The van der Waals surface area contributed by atoms with E-state index in [2.05, 4.69) is 10.6 Å². The molecule has 7 heteroatoms. The molecule has 29 heavy (non-hydrogen) atoms. The first-order valence-corrected chi connectivity index (χ1v) is 9.15. The highest BCUT2D eigenvalue weighted by Gasteiger charge is 2.09. The highest BCUT2D eigenvalue weighted by atomic mass is 16.7. The van der Waals surface area contributed by atoms with E-state index in [9.17, 15) is 14.4 Å². The molecule has 0 aliphatic heterocycles. The summed E-state index contributed by atoms with van der Waals surface area (Å²) in [6.07, 6.45) is 0.735. The first kappa shape index (κ1) is 21.7. The molecule has 2 N–H and O–H groups in total. The second-order valence-electron chi connectivity index (χ2n) is 6.40. The summed E-state index contributed by atoms with van der Waals surface area (Å²) in [4.78, 5) is 35.4. The Bertz CT molecular complexity index is 900. The first-order chi connectivity index (χ1) is 13.9. The number of nitrogens with one attached hydrogen (secondary N) is 2. The van der Waals surface area contributed by atoms with E-state index in [4.69, 9.17) is 9.47 Å². The maximum Gasteiger partial charge on any atom is 0.513 e. The predicted octanol–water partition coefficient (Wildman–Crippen LogP) is 4.06. The lowest BCUT2D eigenvalue weighted by molar-refractivity contribution is -0.116. The summed E-state index contributed by atoms with van der Waals surface area (Å²) in [6.45, 7) is 5.96. The van der Waals surface area contributed by atoms with Crippen molar-refractivity contribution in [1.82, 2.24) is 5.32 Å². The molecule has 2 rings (SSSR count). The molecule has 0 atom stereocenters. The summed E-state index contributed by atoms with van der Waals surface area (Å²) in [5.74, 6) is -0.183. The van der Waals surface area contributed by atoms with Crippen molar-refractivity contribution < 1.29 is 23.9 Å². The Labute approximate surface area is 169 Å². The largest absolute Gasteiger partial charge is 0.513 e.